The quantitative estimate of drug-likeness (QED) is 0.820. The lowest BCUT2D eigenvalue weighted by molar-refractivity contribution is 0.602. The van der Waals surface area contributed by atoms with E-state index in [1.807, 2.05) is 31.7 Å². The third-order valence-electron chi connectivity index (χ3n) is 2.03. The maximum atomic E-state index is 11.1. The van der Waals surface area contributed by atoms with E-state index in [1.165, 1.54) is 0 Å². The van der Waals surface area contributed by atoms with Crippen molar-refractivity contribution >= 4 is 16.7 Å². The Bertz CT molecular complexity index is 335. The number of rotatable bonds is 4. The van der Waals surface area contributed by atoms with Gasteiger partial charge in [-0.25, -0.2) is 4.98 Å². The van der Waals surface area contributed by atoms with Crippen molar-refractivity contribution in [3.05, 3.63) is 11.9 Å². The fourth-order valence-corrected chi connectivity index (χ4v) is 2.30. The molecule has 0 spiro atoms. The molecule has 1 N–H and O–H groups in total. The monoisotopic (exact) mass is 215 g/mol. The molecule has 1 aromatic rings. The van der Waals surface area contributed by atoms with Crippen LogP contribution in [0.15, 0.2) is 6.20 Å². The molecular weight excluding hydrogens is 198 g/mol. The van der Waals surface area contributed by atoms with E-state index in [9.17, 15) is 4.21 Å². The van der Waals surface area contributed by atoms with Crippen LogP contribution in [-0.4, -0.2) is 32.8 Å². The van der Waals surface area contributed by atoms with Gasteiger partial charge in [-0.05, 0) is 13.8 Å². The van der Waals surface area contributed by atoms with E-state index in [0.717, 1.165) is 11.6 Å². The number of nitrogens with zero attached hydrogens (tertiary/aromatic N) is 2. The van der Waals surface area contributed by atoms with Crippen molar-refractivity contribution in [1.29, 1.82) is 0 Å². The Morgan fingerprint density at radius 2 is 2.36 bits per heavy atom. The zero-order valence-corrected chi connectivity index (χ0v) is 9.89. The highest BCUT2D eigenvalue weighted by molar-refractivity contribution is 7.84. The van der Waals surface area contributed by atoms with Crippen LogP contribution in [0.3, 0.4) is 0 Å². The van der Waals surface area contributed by atoms with Gasteiger partial charge in [0.1, 0.15) is 0 Å². The summed E-state index contributed by atoms with van der Waals surface area (Å²) in [7, 11) is 1.07. The molecule has 0 aliphatic rings. The van der Waals surface area contributed by atoms with E-state index in [2.05, 4.69) is 10.3 Å². The van der Waals surface area contributed by atoms with Gasteiger partial charge in [-0.15, -0.1) is 0 Å². The number of aromatic nitrogens is 2. The van der Waals surface area contributed by atoms with Crippen LogP contribution in [-0.2, 0) is 10.8 Å². The summed E-state index contributed by atoms with van der Waals surface area (Å²) in [6.07, 6.45) is 3.70. The van der Waals surface area contributed by atoms with Crippen molar-refractivity contribution in [3.63, 3.8) is 0 Å². The molecular formula is C9H17N3OS. The minimum absolute atomic E-state index is 0.212. The van der Waals surface area contributed by atoms with Crippen molar-refractivity contribution in [1.82, 2.24) is 9.55 Å². The Kier molecular flexibility index (Phi) is 3.69. The predicted octanol–water partition coefficient (Wildman–Crippen LogP) is 1.17. The predicted molar refractivity (Wildman–Crippen MR) is 60.2 cm³/mol. The summed E-state index contributed by atoms with van der Waals surface area (Å²) in [6, 6.07) is 0.212. The molecule has 0 aliphatic carbocycles. The number of hydrogen-bond acceptors (Lipinski definition) is 3. The van der Waals surface area contributed by atoms with Crippen LogP contribution < -0.4 is 5.32 Å². The number of anilines is 1. The second-order valence-electron chi connectivity index (χ2n) is 3.45. The minimum atomic E-state index is -0.774. The molecule has 0 saturated carbocycles. The molecule has 0 amide bonds. The molecule has 14 heavy (non-hydrogen) atoms. The second kappa shape index (κ2) is 4.59. The van der Waals surface area contributed by atoms with E-state index in [4.69, 9.17) is 0 Å². The molecule has 0 bridgehead atoms. The molecule has 1 heterocycles. The van der Waals surface area contributed by atoms with Gasteiger partial charge in [-0.2, -0.15) is 0 Å². The summed E-state index contributed by atoms with van der Waals surface area (Å²) < 4.78 is 13.1. The smallest absolute Gasteiger partial charge is 0.203 e. The average molecular weight is 215 g/mol. The summed E-state index contributed by atoms with van der Waals surface area (Å²) in [5.74, 6) is 1.49. The molecule has 0 fully saturated rings. The number of nitrogens with one attached hydrogen (secondary N) is 1. The van der Waals surface area contributed by atoms with Gasteiger partial charge in [0.25, 0.3) is 0 Å². The van der Waals surface area contributed by atoms with Gasteiger partial charge in [-0.1, -0.05) is 0 Å². The van der Waals surface area contributed by atoms with Gasteiger partial charge < -0.3 is 9.88 Å². The average Bonchev–Trinajstić information content (AvgIpc) is 2.45. The SMILES string of the molecule is CNc1nc(C)cn1C(C)CS(C)=O. The molecule has 2 unspecified atom stereocenters. The van der Waals surface area contributed by atoms with Crippen LogP contribution in [0, 0.1) is 6.92 Å². The van der Waals surface area contributed by atoms with Crippen LogP contribution in [0.4, 0.5) is 5.95 Å². The first-order chi connectivity index (χ1) is 6.54. The van der Waals surface area contributed by atoms with Crippen molar-refractivity contribution in [2.45, 2.75) is 19.9 Å². The summed E-state index contributed by atoms with van der Waals surface area (Å²) in [6.45, 7) is 4.00. The van der Waals surface area contributed by atoms with Crippen LogP contribution in [0.2, 0.25) is 0 Å². The summed E-state index contributed by atoms with van der Waals surface area (Å²) in [4.78, 5) is 4.31. The Balaban J connectivity index is 2.87. The van der Waals surface area contributed by atoms with Crippen LogP contribution in [0.5, 0.6) is 0 Å². The number of hydrogen-bond donors (Lipinski definition) is 1. The zero-order valence-electron chi connectivity index (χ0n) is 9.07. The van der Waals surface area contributed by atoms with Crippen LogP contribution in [0.25, 0.3) is 0 Å². The van der Waals surface area contributed by atoms with Gasteiger partial charge in [0.05, 0.1) is 5.69 Å². The van der Waals surface area contributed by atoms with Crippen LogP contribution >= 0.6 is 0 Å². The Morgan fingerprint density at radius 1 is 1.71 bits per heavy atom. The molecule has 0 radical (unpaired) electrons. The fourth-order valence-electron chi connectivity index (χ4n) is 1.46. The molecule has 0 aromatic carbocycles. The first-order valence-corrected chi connectivity index (χ1v) is 6.30. The molecule has 1 aromatic heterocycles. The van der Waals surface area contributed by atoms with Gasteiger partial charge in [-0.3, -0.25) is 4.21 Å². The van der Waals surface area contributed by atoms with E-state index < -0.39 is 10.8 Å². The summed E-state index contributed by atoms with van der Waals surface area (Å²) in [5, 5.41) is 3.02. The minimum Gasteiger partial charge on any atom is -0.359 e. The van der Waals surface area contributed by atoms with Gasteiger partial charge in [0.15, 0.2) is 0 Å². The first-order valence-electron chi connectivity index (χ1n) is 4.58. The first kappa shape index (κ1) is 11.2. The Labute approximate surface area is 87.2 Å². The van der Waals surface area contributed by atoms with Crippen molar-refractivity contribution < 1.29 is 4.21 Å². The highest BCUT2D eigenvalue weighted by atomic mass is 32.2. The summed E-state index contributed by atoms with van der Waals surface area (Å²) >= 11 is 0. The lowest BCUT2D eigenvalue weighted by Gasteiger charge is -2.14. The molecule has 80 valence electrons. The van der Waals surface area contributed by atoms with E-state index in [1.54, 1.807) is 6.26 Å². The van der Waals surface area contributed by atoms with Crippen LogP contribution in [0.1, 0.15) is 18.7 Å². The van der Waals surface area contributed by atoms with E-state index in [-0.39, 0.29) is 6.04 Å². The van der Waals surface area contributed by atoms with Crippen molar-refractivity contribution in [3.8, 4) is 0 Å². The molecule has 0 saturated heterocycles. The fraction of sp³-hybridized carbons (Fsp3) is 0.667. The highest BCUT2D eigenvalue weighted by Crippen LogP contribution is 2.15. The van der Waals surface area contributed by atoms with E-state index in [0.29, 0.717) is 5.75 Å². The topological polar surface area (TPSA) is 46.9 Å². The van der Waals surface area contributed by atoms with Crippen molar-refractivity contribution in [2.75, 3.05) is 24.4 Å². The third-order valence-corrected chi connectivity index (χ3v) is 2.98. The number of imidazole rings is 1. The number of aryl methyl sites for hydroxylation is 1. The summed E-state index contributed by atoms with van der Waals surface area (Å²) in [5.41, 5.74) is 0.975. The van der Waals surface area contributed by atoms with Crippen molar-refractivity contribution in [2.24, 2.45) is 0 Å². The van der Waals surface area contributed by atoms with E-state index >= 15 is 0 Å². The molecule has 0 aliphatic heterocycles. The third kappa shape index (κ3) is 2.57. The largest absolute Gasteiger partial charge is 0.359 e. The molecule has 2 atom stereocenters. The van der Waals surface area contributed by atoms with Gasteiger partial charge >= 0.3 is 0 Å². The normalized spacial score (nSPS) is 15.1. The lowest BCUT2D eigenvalue weighted by Crippen LogP contribution is -2.14. The zero-order chi connectivity index (χ0) is 10.7. The van der Waals surface area contributed by atoms with Gasteiger partial charge in [0.2, 0.25) is 5.95 Å². The standard InChI is InChI=1S/C9H17N3OS/c1-7-5-12(9(10-3)11-7)8(2)6-14(4)13/h5,8H,6H2,1-4H3,(H,10,11). The molecule has 4 nitrogen and oxygen atoms in total. The Hall–Kier alpha value is -0.840. The maximum absolute atomic E-state index is 11.1. The highest BCUT2D eigenvalue weighted by Gasteiger charge is 2.11. The molecule has 5 heteroatoms. The van der Waals surface area contributed by atoms with Gasteiger partial charge in [0, 0.05) is 42.1 Å². The lowest BCUT2D eigenvalue weighted by atomic mass is 10.4. The maximum Gasteiger partial charge on any atom is 0.203 e. The molecule has 1 rings (SSSR count). The Morgan fingerprint density at radius 3 is 2.86 bits per heavy atom. The second-order valence-corrected chi connectivity index (χ2v) is 4.93.